The van der Waals surface area contributed by atoms with Gasteiger partial charge in [-0.1, -0.05) is 0 Å². The Morgan fingerprint density at radius 3 is 2.27 bits per heavy atom. The Bertz CT molecular complexity index is 513. The molecule has 0 saturated carbocycles. The minimum atomic E-state index is -4.45. The highest BCUT2D eigenvalue weighted by molar-refractivity contribution is 5.96. The van der Waals surface area contributed by atoms with Gasteiger partial charge in [-0.2, -0.15) is 13.2 Å². The molecule has 2 amide bonds. The molecule has 4 N–H and O–H groups in total. The van der Waals surface area contributed by atoms with Gasteiger partial charge < -0.3 is 16.4 Å². The van der Waals surface area contributed by atoms with E-state index in [9.17, 15) is 22.8 Å². The van der Waals surface area contributed by atoms with E-state index in [4.69, 9.17) is 5.73 Å². The predicted octanol–water partition coefficient (Wildman–Crippen LogP) is 1.29. The summed E-state index contributed by atoms with van der Waals surface area (Å²) in [5.74, 6) is -1.00. The Morgan fingerprint density at radius 2 is 1.77 bits per heavy atom. The van der Waals surface area contributed by atoms with E-state index in [2.05, 4.69) is 10.6 Å². The van der Waals surface area contributed by atoms with Gasteiger partial charge in [-0.05, 0) is 37.6 Å². The molecule has 0 spiro atoms. The van der Waals surface area contributed by atoms with Gasteiger partial charge in [0, 0.05) is 18.2 Å². The fourth-order valence-corrected chi connectivity index (χ4v) is 1.57. The van der Waals surface area contributed by atoms with Crippen molar-refractivity contribution in [3.05, 3.63) is 35.4 Å². The fourth-order valence-electron chi connectivity index (χ4n) is 1.57. The Balaban J connectivity index is 2.44. The van der Waals surface area contributed by atoms with Crippen LogP contribution in [0.2, 0.25) is 0 Å². The number of hydrogen-bond donors (Lipinski definition) is 3. The van der Waals surface area contributed by atoms with Crippen molar-refractivity contribution in [1.29, 1.82) is 0 Å². The van der Waals surface area contributed by atoms with Gasteiger partial charge in [-0.25, -0.2) is 0 Å². The van der Waals surface area contributed by atoms with E-state index in [0.29, 0.717) is 13.0 Å². The van der Waals surface area contributed by atoms with Crippen LogP contribution in [0.1, 0.15) is 29.3 Å². The summed E-state index contributed by atoms with van der Waals surface area (Å²) in [5, 5.41) is 4.90. The topological polar surface area (TPSA) is 84.2 Å². The molecule has 1 atom stereocenters. The number of carbonyl (C=O) groups is 2. The number of rotatable bonds is 6. The molecule has 1 aromatic rings. The van der Waals surface area contributed by atoms with Crippen LogP contribution in [0.25, 0.3) is 0 Å². The number of nitrogens with one attached hydrogen (secondary N) is 2. The molecule has 8 heteroatoms. The Kier molecular flexibility index (Phi) is 6.36. The number of amides is 2. The highest BCUT2D eigenvalue weighted by Crippen LogP contribution is 2.28. The Hall–Kier alpha value is -2.09. The number of hydrogen-bond acceptors (Lipinski definition) is 3. The Morgan fingerprint density at radius 1 is 1.18 bits per heavy atom. The molecule has 22 heavy (non-hydrogen) atoms. The molecule has 5 nitrogen and oxygen atoms in total. The van der Waals surface area contributed by atoms with Crippen LogP contribution < -0.4 is 16.4 Å². The summed E-state index contributed by atoms with van der Waals surface area (Å²) in [6, 6.07) is 3.72. The summed E-state index contributed by atoms with van der Waals surface area (Å²) < 4.78 is 37.2. The largest absolute Gasteiger partial charge is 0.416 e. The van der Waals surface area contributed by atoms with Crippen LogP contribution in [-0.4, -0.2) is 30.9 Å². The number of nitrogens with two attached hydrogens (primary N) is 1. The van der Waals surface area contributed by atoms with Crippen molar-refractivity contribution in [2.45, 2.75) is 25.6 Å². The molecular formula is C14H18F3N3O2. The molecule has 0 aliphatic heterocycles. The average molecular weight is 317 g/mol. The molecule has 0 bridgehead atoms. The monoisotopic (exact) mass is 317 g/mol. The van der Waals surface area contributed by atoms with Crippen molar-refractivity contribution in [2.24, 2.45) is 5.73 Å². The summed E-state index contributed by atoms with van der Waals surface area (Å²) in [6.07, 6.45) is -3.84. The highest BCUT2D eigenvalue weighted by atomic mass is 19.4. The van der Waals surface area contributed by atoms with Crippen LogP contribution in [0.5, 0.6) is 0 Å². The summed E-state index contributed by atoms with van der Waals surface area (Å²) in [7, 11) is 0. The van der Waals surface area contributed by atoms with E-state index in [1.807, 2.05) is 0 Å². The van der Waals surface area contributed by atoms with Gasteiger partial charge in [0.2, 0.25) is 5.91 Å². The molecule has 0 saturated heterocycles. The van der Waals surface area contributed by atoms with Crippen molar-refractivity contribution in [3.8, 4) is 0 Å². The van der Waals surface area contributed by atoms with Gasteiger partial charge in [0.1, 0.15) is 0 Å². The quantitative estimate of drug-likeness (QED) is 0.739. The molecule has 122 valence electrons. The van der Waals surface area contributed by atoms with Crippen molar-refractivity contribution >= 4 is 11.8 Å². The molecule has 1 unspecified atom stereocenters. The second-order valence-electron chi connectivity index (χ2n) is 4.87. The van der Waals surface area contributed by atoms with Crippen molar-refractivity contribution in [3.63, 3.8) is 0 Å². The van der Waals surface area contributed by atoms with Crippen molar-refractivity contribution in [2.75, 3.05) is 13.1 Å². The maximum Gasteiger partial charge on any atom is 0.416 e. The minimum Gasteiger partial charge on any atom is -0.355 e. The summed E-state index contributed by atoms with van der Waals surface area (Å²) in [6.45, 7) is 1.95. The zero-order chi connectivity index (χ0) is 16.8. The zero-order valence-corrected chi connectivity index (χ0v) is 12.0. The third kappa shape index (κ3) is 6.13. The summed E-state index contributed by atoms with van der Waals surface area (Å²) in [5.41, 5.74) is 4.74. The van der Waals surface area contributed by atoms with Crippen molar-refractivity contribution in [1.82, 2.24) is 10.6 Å². The number of halogens is 3. The first kappa shape index (κ1) is 18.0. The maximum absolute atomic E-state index is 12.4. The molecule has 0 radical (unpaired) electrons. The van der Waals surface area contributed by atoms with E-state index in [-0.39, 0.29) is 24.1 Å². The number of benzene rings is 1. The first-order valence-electron chi connectivity index (χ1n) is 6.68. The van der Waals surface area contributed by atoms with Crippen LogP contribution in [0.15, 0.2) is 24.3 Å². The van der Waals surface area contributed by atoms with Gasteiger partial charge in [0.25, 0.3) is 5.91 Å². The van der Waals surface area contributed by atoms with Crippen LogP contribution in [-0.2, 0) is 11.0 Å². The normalized spacial score (nSPS) is 12.6. The van der Waals surface area contributed by atoms with Crippen LogP contribution >= 0.6 is 0 Å². The van der Waals surface area contributed by atoms with Crippen LogP contribution in [0.4, 0.5) is 13.2 Å². The lowest BCUT2D eigenvalue weighted by Gasteiger charge is -2.09. The second kappa shape index (κ2) is 7.79. The zero-order valence-electron chi connectivity index (χ0n) is 12.0. The lowest BCUT2D eigenvalue weighted by molar-refractivity contribution is -0.137. The lowest BCUT2D eigenvalue weighted by atomic mass is 10.1. The lowest BCUT2D eigenvalue weighted by Crippen LogP contribution is -2.38. The second-order valence-corrected chi connectivity index (χ2v) is 4.87. The first-order chi connectivity index (χ1) is 10.2. The third-order valence-electron chi connectivity index (χ3n) is 2.81. The molecule has 0 aliphatic carbocycles. The number of carbonyl (C=O) groups excluding carboxylic acids is 2. The molecular weight excluding hydrogens is 299 g/mol. The van der Waals surface area contributed by atoms with E-state index >= 15 is 0 Å². The van der Waals surface area contributed by atoms with Gasteiger partial charge in [-0.3, -0.25) is 9.59 Å². The van der Waals surface area contributed by atoms with Gasteiger partial charge in [0.15, 0.2) is 0 Å². The molecule has 0 fully saturated rings. The SMILES string of the molecule is CC(N)CCNC(=O)CNC(=O)c1ccc(C(F)(F)F)cc1. The molecule has 0 aliphatic rings. The van der Waals surface area contributed by atoms with Gasteiger partial charge in [-0.15, -0.1) is 0 Å². The highest BCUT2D eigenvalue weighted by Gasteiger charge is 2.30. The Labute approximate surface area is 126 Å². The van der Waals surface area contributed by atoms with Crippen LogP contribution in [0.3, 0.4) is 0 Å². The smallest absolute Gasteiger partial charge is 0.355 e. The van der Waals surface area contributed by atoms with Gasteiger partial charge >= 0.3 is 6.18 Å². The molecule has 0 aromatic heterocycles. The fraction of sp³-hybridized carbons (Fsp3) is 0.429. The summed E-state index contributed by atoms with van der Waals surface area (Å²) >= 11 is 0. The average Bonchev–Trinajstić information content (AvgIpc) is 2.43. The predicted molar refractivity (Wildman–Crippen MR) is 75.1 cm³/mol. The molecule has 1 aromatic carbocycles. The van der Waals surface area contributed by atoms with E-state index in [1.54, 1.807) is 6.92 Å². The standard InChI is InChI=1S/C14H18F3N3O2/c1-9(18)6-7-19-12(21)8-20-13(22)10-2-4-11(5-3-10)14(15,16)17/h2-5,9H,6-8,18H2,1H3,(H,19,21)(H,20,22). The third-order valence-corrected chi connectivity index (χ3v) is 2.81. The first-order valence-corrected chi connectivity index (χ1v) is 6.68. The van der Waals surface area contributed by atoms with Crippen LogP contribution in [0, 0.1) is 0 Å². The molecule has 1 rings (SSSR count). The van der Waals surface area contributed by atoms with Crippen molar-refractivity contribution < 1.29 is 22.8 Å². The van der Waals surface area contributed by atoms with Gasteiger partial charge in [0.05, 0.1) is 12.1 Å². The van der Waals surface area contributed by atoms with E-state index < -0.39 is 17.6 Å². The van der Waals surface area contributed by atoms with E-state index in [0.717, 1.165) is 24.3 Å². The maximum atomic E-state index is 12.4. The minimum absolute atomic E-state index is 0.0398. The van der Waals surface area contributed by atoms with E-state index in [1.165, 1.54) is 0 Å². The summed E-state index contributed by atoms with van der Waals surface area (Å²) in [4.78, 5) is 23.1. The number of alkyl halides is 3. The molecule has 0 heterocycles.